The first kappa shape index (κ1) is 28.5. The molecule has 3 saturated heterocycles. The van der Waals surface area contributed by atoms with Crippen molar-refractivity contribution in [1.29, 1.82) is 0 Å². The van der Waals surface area contributed by atoms with Crippen LogP contribution < -0.4 is 0 Å². The zero-order chi connectivity index (χ0) is 26.6. The van der Waals surface area contributed by atoms with E-state index >= 15 is 0 Å². The Labute approximate surface area is 223 Å². The number of carbonyl (C=O) groups is 1. The number of aliphatic hydroxyl groups is 1. The molecule has 3 fully saturated rings. The number of cyclic esters (lactones) is 1. The minimum Gasteiger partial charge on any atom is -0.462 e. The minimum absolute atomic E-state index is 0.0421. The van der Waals surface area contributed by atoms with E-state index in [4.69, 9.17) is 18.9 Å². The lowest BCUT2D eigenvalue weighted by Crippen LogP contribution is -2.51. The number of hydrogen-bond acceptors (Lipinski definition) is 6. The van der Waals surface area contributed by atoms with Crippen LogP contribution in [-0.2, 0) is 23.7 Å². The third-order valence-corrected chi connectivity index (χ3v) is 8.64. The van der Waals surface area contributed by atoms with E-state index in [0.717, 1.165) is 64.2 Å². The van der Waals surface area contributed by atoms with E-state index < -0.39 is 11.2 Å². The van der Waals surface area contributed by atoms with Crippen molar-refractivity contribution < 1.29 is 28.8 Å². The number of fused-ring (bicyclic) bond motifs is 6. The van der Waals surface area contributed by atoms with Crippen LogP contribution >= 0.6 is 0 Å². The second-order valence-electron chi connectivity index (χ2n) is 12.4. The lowest BCUT2D eigenvalue weighted by atomic mass is 9.77. The van der Waals surface area contributed by atoms with Crippen molar-refractivity contribution in [2.75, 3.05) is 0 Å². The fourth-order valence-electron chi connectivity index (χ4n) is 6.37. The van der Waals surface area contributed by atoms with Gasteiger partial charge in [-0.15, -0.1) is 0 Å². The van der Waals surface area contributed by atoms with Gasteiger partial charge in [-0.05, 0) is 57.8 Å². The summed E-state index contributed by atoms with van der Waals surface area (Å²) in [7, 11) is 0. The van der Waals surface area contributed by atoms with E-state index in [1.807, 2.05) is 20.8 Å². The molecule has 6 heteroatoms. The lowest BCUT2D eigenvalue weighted by molar-refractivity contribution is -0.298. The molecule has 0 amide bonds. The smallest absolute Gasteiger partial charge is 0.306 e. The summed E-state index contributed by atoms with van der Waals surface area (Å²) >= 11 is 0. The highest BCUT2D eigenvalue weighted by Gasteiger charge is 2.47. The highest BCUT2D eigenvalue weighted by molar-refractivity contribution is 5.69. The van der Waals surface area contributed by atoms with Crippen LogP contribution in [0, 0.1) is 5.41 Å². The van der Waals surface area contributed by atoms with Gasteiger partial charge < -0.3 is 24.1 Å². The number of hydrogen-bond donors (Lipinski definition) is 1. The zero-order valence-corrected chi connectivity index (χ0v) is 23.2. The van der Waals surface area contributed by atoms with Gasteiger partial charge in [-0.1, -0.05) is 57.2 Å². The van der Waals surface area contributed by atoms with Crippen molar-refractivity contribution in [3.8, 4) is 0 Å². The number of ether oxygens (including phenoxy) is 4. The maximum atomic E-state index is 12.7. The quantitative estimate of drug-likeness (QED) is 0.325. The third kappa shape index (κ3) is 7.56. The van der Waals surface area contributed by atoms with Gasteiger partial charge in [-0.3, -0.25) is 4.79 Å². The molecule has 7 unspecified atom stereocenters. The Morgan fingerprint density at radius 3 is 2.38 bits per heavy atom. The summed E-state index contributed by atoms with van der Waals surface area (Å²) in [5, 5.41) is 11.6. The summed E-state index contributed by atoms with van der Waals surface area (Å²) in [6.45, 7) is 14.6. The van der Waals surface area contributed by atoms with Gasteiger partial charge in [-0.25, -0.2) is 0 Å². The normalized spacial score (nSPS) is 40.9. The molecule has 1 N–H and O–H groups in total. The molecular formula is C31H48O6. The monoisotopic (exact) mass is 516 g/mol. The topological polar surface area (TPSA) is 74.2 Å². The largest absolute Gasteiger partial charge is 0.462 e. The van der Waals surface area contributed by atoms with Crippen LogP contribution in [0.2, 0.25) is 0 Å². The van der Waals surface area contributed by atoms with Gasteiger partial charge in [0.05, 0.1) is 30.5 Å². The average Bonchev–Trinajstić information content (AvgIpc) is 2.81. The third-order valence-electron chi connectivity index (χ3n) is 8.64. The van der Waals surface area contributed by atoms with Gasteiger partial charge in [0.15, 0.2) is 5.79 Å². The van der Waals surface area contributed by atoms with Crippen LogP contribution in [0.25, 0.3) is 0 Å². The molecule has 4 aliphatic heterocycles. The van der Waals surface area contributed by atoms with E-state index in [9.17, 15) is 9.90 Å². The second-order valence-corrected chi connectivity index (χ2v) is 12.4. The van der Waals surface area contributed by atoms with Gasteiger partial charge in [0.1, 0.15) is 6.10 Å². The van der Waals surface area contributed by atoms with Crippen LogP contribution in [-0.4, -0.2) is 53.5 Å². The molecule has 4 rings (SSSR count). The van der Waals surface area contributed by atoms with E-state index in [0.29, 0.717) is 19.3 Å². The summed E-state index contributed by atoms with van der Waals surface area (Å²) in [5.41, 5.74) is 1.79. The molecule has 0 aromatic rings. The van der Waals surface area contributed by atoms with Gasteiger partial charge in [0.25, 0.3) is 0 Å². The molecule has 0 aliphatic carbocycles. The highest BCUT2D eigenvalue weighted by Crippen LogP contribution is 2.43. The molecule has 0 spiro atoms. The maximum Gasteiger partial charge on any atom is 0.306 e. The Morgan fingerprint density at radius 1 is 0.946 bits per heavy atom. The SMILES string of the molecule is C=C1CC2/C=C/C(C)(C)C3(O)CCCC(CC(CC)OC(=O)CCCC4CC(=C)CC(CC(C1)O2)O4)O3. The van der Waals surface area contributed by atoms with Gasteiger partial charge >= 0.3 is 5.97 Å². The fourth-order valence-corrected chi connectivity index (χ4v) is 6.37. The van der Waals surface area contributed by atoms with Gasteiger partial charge in [0, 0.05) is 31.1 Å². The molecule has 0 saturated carbocycles. The predicted molar refractivity (Wildman–Crippen MR) is 144 cm³/mol. The summed E-state index contributed by atoms with van der Waals surface area (Å²) in [5.74, 6) is -1.45. The summed E-state index contributed by atoms with van der Waals surface area (Å²) in [4.78, 5) is 12.7. The van der Waals surface area contributed by atoms with E-state index in [1.165, 1.54) is 11.1 Å². The van der Waals surface area contributed by atoms with Crippen molar-refractivity contribution in [1.82, 2.24) is 0 Å². The highest BCUT2D eigenvalue weighted by atomic mass is 16.6. The van der Waals surface area contributed by atoms with Crippen molar-refractivity contribution in [2.45, 2.75) is 147 Å². The molecule has 208 valence electrons. The van der Waals surface area contributed by atoms with Crippen LogP contribution in [0.5, 0.6) is 0 Å². The molecule has 4 heterocycles. The number of rotatable bonds is 1. The minimum atomic E-state index is -1.29. The van der Waals surface area contributed by atoms with Crippen molar-refractivity contribution in [2.24, 2.45) is 5.41 Å². The van der Waals surface area contributed by atoms with Crippen molar-refractivity contribution >= 4 is 5.97 Å². The molecule has 0 radical (unpaired) electrons. The van der Waals surface area contributed by atoms with Gasteiger partial charge in [0.2, 0.25) is 0 Å². The van der Waals surface area contributed by atoms with Crippen molar-refractivity contribution in [3.05, 3.63) is 36.5 Å². The first-order chi connectivity index (χ1) is 17.5. The molecule has 0 aromatic heterocycles. The van der Waals surface area contributed by atoms with Crippen LogP contribution in [0.15, 0.2) is 36.5 Å². The van der Waals surface area contributed by atoms with E-state index in [-0.39, 0.29) is 42.6 Å². The Morgan fingerprint density at radius 2 is 1.62 bits per heavy atom. The number of esters is 1. The first-order valence-corrected chi connectivity index (χ1v) is 14.5. The lowest BCUT2D eigenvalue weighted by Gasteiger charge is -2.46. The molecule has 0 aromatic carbocycles. The summed E-state index contributed by atoms with van der Waals surface area (Å²) in [6.07, 6.45) is 13.6. The standard InChI is InChI=1S/C31H48O6/c1-6-23-19-26-10-8-13-31(33,37-26)30(4,5)14-12-25-16-22(3)18-28(35-25)20-27-17-21(2)15-24(34-27)9-7-11-29(32)36-23/h12,14,23-28,33H,2-3,6-11,13,15-20H2,1,4-5H3/b14-12+. The molecule has 6 bridgehead atoms. The molecule has 6 nitrogen and oxygen atoms in total. The molecule has 37 heavy (non-hydrogen) atoms. The second kappa shape index (κ2) is 12.1. The van der Waals surface area contributed by atoms with Crippen LogP contribution in [0.4, 0.5) is 0 Å². The van der Waals surface area contributed by atoms with E-state index in [1.54, 1.807) is 0 Å². The maximum absolute atomic E-state index is 12.7. The Balaban J connectivity index is 1.54. The predicted octanol–water partition coefficient (Wildman–Crippen LogP) is 6.32. The Bertz CT molecular complexity index is 862. The van der Waals surface area contributed by atoms with E-state index in [2.05, 4.69) is 25.3 Å². The zero-order valence-electron chi connectivity index (χ0n) is 23.2. The van der Waals surface area contributed by atoms with Gasteiger partial charge in [-0.2, -0.15) is 0 Å². The molecule has 7 atom stereocenters. The fraction of sp³-hybridized carbons (Fsp3) is 0.774. The molecular weight excluding hydrogens is 468 g/mol. The summed E-state index contributed by atoms with van der Waals surface area (Å²) < 4.78 is 25.1. The Kier molecular flexibility index (Phi) is 9.37. The van der Waals surface area contributed by atoms with Crippen LogP contribution in [0.1, 0.15) is 104 Å². The number of carbonyl (C=O) groups excluding carboxylic acids is 1. The van der Waals surface area contributed by atoms with Crippen molar-refractivity contribution in [3.63, 3.8) is 0 Å². The van der Waals surface area contributed by atoms with Crippen LogP contribution in [0.3, 0.4) is 0 Å². The molecule has 4 aliphatic rings. The summed E-state index contributed by atoms with van der Waals surface area (Å²) in [6, 6.07) is 0. The first-order valence-electron chi connectivity index (χ1n) is 14.5. The Hall–Kier alpha value is -1.47. The average molecular weight is 517 g/mol.